The number of esters is 1. The molecule has 2 atom stereocenters. The molecule has 3 N–H and O–H groups in total. The number of rotatable bonds is 4. The lowest BCUT2D eigenvalue weighted by atomic mass is 10.2. The van der Waals surface area contributed by atoms with Crippen LogP contribution in [0.5, 0.6) is 0 Å². The van der Waals surface area contributed by atoms with Crippen molar-refractivity contribution in [3.05, 3.63) is 0 Å². The number of hydrogen-bond acceptors (Lipinski definition) is 5. The third kappa shape index (κ3) is 3.96. The molecule has 94 valence electrons. The Morgan fingerprint density at radius 1 is 1.62 bits per heavy atom. The number of aliphatic hydroxyl groups excluding tert-OH is 1. The highest BCUT2D eigenvalue weighted by molar-refractivity contribution is 5.87. The first-order valence-electron chi connectivity index (χ1n) is 4.91. The summed E-state index contributed by atoms with van der Waals surface area (Å²) in [7, 11) is 1.21. The van der Waals surface area contributed by atoms with Gasteiger partial charge in [-0.05, 0) is 19.4 Å². The number of carbonyl (C=O) groups is 2. The predicted molar refractivity (Wildman–Crippen MR) is 59.3 cm³/mol. The van der Waals surface area contributed by atoms with Gasteiger partial charge in [0.25, 0.3) is 0 Å². The molecule has 1 rings (SSSR count). The molecule has 1 aliphatic rings. The molecule has 0 spiro atoms. The fourth-order valence-electron chi connectivity index (χ4n) is 1.50. The Labute approximate surface area is 100 Å². The van der Waals surface area contributed by atoms with Crippen LogP contribution in [0, 0.1) is 0 Å². The number of carbonyl (C=O) groups excluding carboxylic acids is 2. The minimum atomic E-state index is -0.968. The molecule has 0 aromatic rings. The molecule has 1 heterocycles. The molecule has 1 amide bonds. The highest BCUT2D eigenvalue weighted by atomic mass is 35.5. The van der Waals surface area contributed by atoms with E-state index in [0.29, 0.717) is 0 Å². The van der Waals surface area contributed by atoms with E-state index < -0.39 is 18.6 Å². The molecular formula is C9H17ClN2O4. The van der Waals surface area contributed by atoms with Gasteiger partial charge in [-0.2, -0.15) is 0 Å². The monoisotopic (exact) mass is 252 g/mol. The summed E-state index contributed by atoms with van der Waals surface area (Å²) in [5.74, 6) is -0.902. The van der Waals surface area contributed by atoms with Gasteiger partial charge in [-0.1, -0.05) is 0 Å². The van der Waals surface area contributed by atoms with Crippen molar-refractivity contribution < 1.29 is 19.4 Å². The number of aliphatic hydroxyl groups is 1. The van der Waals surface area contributed by atoms with Gasteiger partial charge in [-0.3, -0.25) is 4.79 Å². The lowest BCUT2D eigenvalue weighted by Gasteiger charge is -2.16. The van der Waals surface area contributed by atoms with E-state index in [1.807, 2.05) is 0 Å². The Morgan fingerprint density at radius 3 is 2.75 bits per heavy atom. The van der Waals surface area contributed by atoms with Crippen LogP contribution in [0.3, 0.4) is 0 Å². The zero-order valence-corrected chi connectivity index (χ0v) is 9.88. The summed E-state index contributed by atoms with van der Waals surface area (Å²) in [5.41, 5.74) is 0. The summed E-state index contributed by atoms with van der Waals surface area (Å²) in [4.78, 5) is 22.6. The molecule has 1 aliphatic heterocycles. The van der Waals surface area contributed by atoms with Gasteiger partial charge in [0, 0.05) is 0 Å². The van der Waals surface area contributed by atoms with Crippen LogP contribution in [0.4, 0.5) is 0 Å². The van der Waals surface area contributed by atoms with Crippen LogP contribution in [0.1, 0.15) is 12.8 Å². The SMILES string of the molecule is COC(=O)[C@H](CO)NC(=O)[C@@H]1CCCN1.Cl. The van der Waals surface area contributed by atoms with E-state index in [2.05, 4.69) is 15.4 Å². The fraction of sp³-hybridized carbons (Fsp3) is 0.778. The lowest BCUT2D eigenvalue weighted by molar-refractivity contribution is -0.146. The first-order chi connectivity index (χ1) is 7.19. The Bertz CT molecular complexity index is 244. The van der Waals surface area contributed by atoms with Crippen molar-refractivity contribution in [3.63, 3.8) is 0 Å². The number of nitrogens with one attached hydrogen (secondary N) is 2. The van der Waals surface area contributed by atoms with Gasteiger partial charge < -0.3 is 20.5 Å². The molecule has 0 aliphatic carbocycles. The van der Waals surface area contributed by atoms with E-state index in [-0.39, 0.29) is 24.4 Å². The van der Waals surface area contributed by atoms with E-state index in [4.69, 9.17) is 5.11 Å². The first-order valence-corrected chi connectivity index (χ1v) is 4.91. The Kier molecular flexibility index (Phi) is 7.03. The van der Waals surface area contributed by atoms with E-state index in [1.165, 1.54) is 7.11 Å². The van der Waals surface area contributed by atoms with Crippen molar-refractivity contribution in [1.29, 1.82) is 0 Å². The quantitative estimate of drug-likeness (QED) is 0.548. The van der Waals surface area contributed by atoms with Crippen molar-refractivity contribution in [1.82, 2.24) is 10.6 Å². The van der Waals surface area contributed by atoms with E-state index in [0.717, 1.165) is 19.4 Å². The van der Waals surface area contributed by atoms with Crippen LogP contribution < -0.4 is 10.6 Å². The van der Waals surface area contributed by atoms with Gasteiger partial charge in [0.05, 0.1) is 19.8 Å². The maximum atomic E-state index is 11.5. The smallest absolute Gasteiger partial charge is 0.330 e. The fourth-order valence-corrected chi connectivity index (χ4v) is 1.50. The zero-order chi connectivity index (χ0) is 11.3. The van der Waals surface area contributed by atoms with Crippen molar-refractivity contribution in [2.24, 2.45) is 0 Å². The van der Waals surface area contributed by atoms with Crippen LogP contribution >= 0.6 is 12.4 Å². The minimum absolute atomic E-state index is 0. The van der Waals surface area contributed by atoms with Gasteiger partial charge in [-0.15, -0.1) is 12.4 Å². The number of halogens is 1. The summed E-state index contributed by atoms with van der Waals surface area (Å²) >= 11 is 0. The molecule has 0 saturated carbocycles. The molecule has 6 nitrogen and oxygen atoms in total. The molecule has 0 aromatic carbocycles. The van der Waals surface area contributed by atoms with Crippen LogP contribution in [-0.2, 0) is 14.3 Å². The molecular weight excluding hydrogens is 236 g/mol. The highest BCUT2D eigenvalue weighted by Crippen LogP contribution is 2.05. The van der Waals surface area contributed by atoms with Gasteiger partial charge in [0.2, 0.25) is 5.91 Å². The summed E-state index contributed by atoms with van der Waals surface area (Å²) in [5, 5.41) is 14.3. The number of ether oxygens (including phenoxy) is 1. The van der Waals surface area contributed by atoms with Crippen molar-refractivity contribution >= 4 is 24.3 Å². The van der Waals surface area contributed by atoms with Crippen molar-refractivity contribution in [2.75, 3.05) is 20.3 Å². The maximum absolute atomic E-state index is 11.5. The standard InChI is InChI=1S/C9H16N2O4.ClH/c1-15-9(14)7(5-12)11-8(13)6-3-2-4-10-6;/h6-7,10,12H,2-5H2,1H3,(H,11,13);1H/t6-,7-;/m0./s1. The largest absolute Gasteiger partial charge is 0.467 e. The highest BCUT2D eigenvalue weighted by Gasteiger charge is 2.27. The van der Waals surface area contributed by atoms with E-state index in [1.54, 1.807) is 0 Å². The van der Waals surface area contributed by atoms with E-state index >= 15 is 0 Å². The second kappa shape index (κ2) is 7.43. The van der Waals surface area contributed by atoms with Gasteiger partial charge in [0.1, 0.15) is 0 Å². The summed E-state index contributed by atoms with van der Waals surface area (Å²) < 4.78 is 4.43. The predicted octanol–water partition coefficient (Wildman–Crippen LogP) is -1.19. The maximum Gasteiger partial charge on any atom is 0.330 e. The molecule has 7 heteroatoms. The number of amides is 1. The second-order valence-electron chi connectivity index (χ2n) is 3.42. The lowest BCUT2D eigenvalue weighted by Crippen LogP contribution is -2.50. The molecule has 0 aromatic heterocycles. The summed E-state index contributed by atoms with van der Waals surface area (Å²) in [6, 6.07) is -1.23. The third-order valence-corrected chi connectivity index (χ3v) is 2.36. The second-order valence-corrected chi connectivity index (χ2v) is 3.42. The van der Waals surface area contributed by atoms with Crippen molar-refractivity contribution in [2.45, 2.75) is 24.9 Å². The number of methoxy groups -OCH3 is 1. The summed E-state index contributed by atoms with van der Waals surface area (Å²) in [6.45, 7) is 0.352. The Morgan fingerprint density at radius 2 is 2.31 bits per heavy atom. The van der Waals surface area contributed by atoms with Crippen molar-refractivity contribution in [3.8, 4) is 0 Å². The normalized spacial score (nSPS) is 20.8. The Hall–Kier alpha value is -0.850. The van der Waals surface area contributed by atoms with Gasteiger partial charge in [-0.25, -0.2) is 4.79 Å². The average Bonchev–Trinajstić information content (AvgIpc) is 2.77. The van der Waals surface area contributed by atoms with Gasteiger partial charge >= 0.3 is 5.97 Å². The Balaban J connectivity index is 0.00000225. The van der Waals surface area contributed by atoms with Crippen LogP contribution in [0.2, 0.25) is 0 Å². The minimum Gasteiger partial charge on any atom is -0.467 e. The molecule has 16 heavy (non-hydrogen) atoms. The van der Waals surface area contributed by atoms with Crippen LogP contribution in [0.15, 0.2) is 0 Å². The molecule has 0 unspecified atom stereocenters. The molecule has 0 radical (unpaired) electrons. The third-order valence-electron chi connectivity index (χ3n) is 2.36. The average molecular weight is 253 g/mol. The summed E-state index contributed by atoms with van der Waals surface area (Å²) in [6.07, 6.45) is 1.70. The van der Waals surface area contributed by atoms with Gasteiger partial charge in [0.15, 0.2) is 6.04 Å². The zero-order valence-electron chi connectivity index (χ0n) is 9.06. The first kappa shape index (κ1) is 15.2. The number of hydrogen-bond donors (Lipinski definition) is 3. The topological polar surface area (TPSA) is 87.7 Å². The molecule has 0 bridgehead atoms. The molecule has 1 saturated heterocycles. The molecule has 1 fully saturated rings. The van der Waals surface area contributed by atoms with Crippen LogP contribution in [0.25, 0.3) is 0 Å². The van der Waals surface area contributed by atoms with Crippen LogP contribution in [-0.4, -0.2) is 49.3 Å². The van der Waals surface area contributed by atoms with E-state index in [9.17, 15) is 9.59 Å².